The lowest BCUT2D eigenvalue weighted by atomic mass is 10.1. The average Bonchev–Trinajstić information content (AvgIpc) is 2.82. The molecule has 1 aromatic carbocycles. The molecule has 2 heterocycles. The maximum absolute atomic E-state index is 10.7. The van der Waals surface area contributed by atoms with Crippen molar-refractivity contribution in [2.75, 3.05) is 6.61 Å². The summed E-state index contributed by atoms with van der Waals surface area (Å²) >= 11 is 0. The number of aromatic carboxylic acids is 1. The number of benzene rings is 1. The first-order valence-electron chi connectivity index (χ1n) is 4.67. The van der Waals surface area contributed by atoms with Crippen LogP contribution in [0.1, 0.15) is 16.1 Å². The molecule has 76 valence electrons. The molecule has 0 unspecified atom stereocenters. The van der Waals surface area contributed by atoms with Crippen LogP contribution in [0.5, 0.6) is 5.75 Å². The van der Waals surface area contributed by atoms with Gasteiger partial charge in [-0.2, -0.15) is 0 Å². The lowest BCUT2D eigenvalue weighted by Crippen LogP contribution is -1.91. The van der Waals surface area contributed by atoms with Crippen LogP contribution in [-0.2, 0) is 6.42 Å². The monoisotopic (exact) mass is 204 g/mol. The zero-order valence-electron chi connectivity index (χ0n) is 7.82. The zero-order chi connectivity index (χ0) is 10.4. The lowest BCUT2D eigenvalue weighted by molar-refractivity contribution is 0.0665. The van der Waals surface area contributed by atoms with Gasteiger partial charge in [-0.15, -0.1) is 0 Å². The van der Waals surface area contributed by atoms with Gasteiger partial charge in [0.15, 0.2) is 11.3 Å². The zero-order valence-corrected chi connectivity index (χ0v) is 7.82. The number of rotatable bonds is 1. The molecule has 1 aliphatic heterocycles. The van der Waals surface area contributed by atoms with E-state index in [1.165, 1.54) is 6.07 Å². The molecule has 0 bridgehead atoms. The molecule has 1 N–H and O–H groups in total. The number of hydrogen-bond acceptors (Lipinski definition) is 3. The third-order valence-corrected chi connectivity index (χ3v) is 2.55. The molecular formula is C11H8O4. The lowest BCUT2D eigenvalue weighted by Gasteiger charge is -1.98. The van der Waals surface area contributed by atoms with Crippen LogP contribution < -0.4 is 4.74 Å². The van der Waals surface area contributed by atoms with Crippen molar-refractivity contribution >= 4 is 16.9 Å². The Morgan fingerprint density at radius 2 is 2.27 bits per heavy atom. The molecule has 0 saturated heterocycles. The number of ether oxygens (including phenoxy) is 1. The normalized spacial score (nSPS) is 13.9. The minimum absolute atomic E-state index is 0.0473. The van der Waals surface area contributed by atoms with E-state index in [4.69, 9.17) is 14.3 Å². The summed E-state index contributed by atoms with van der Waals surface area (Å²) < 4.78 is 10.7. The van der Waals surface area contributed by atoms with Crippen molar-refractivity contribution in [1.82, 2.24) is 0 Å². The second-order valence-electron chi connectivity index (χ2n) is 3.49. The van der Waals surface area contributed by atoms with Gasteiger partial charge in [0.1, 0.15) is 0 Å². The number of carboxylic acid groups (broad SMARTS) is 1. The summed E-state index contributed by atoms with van der Waals surface area (Å²) in [5, 5.41) is 9.57. The molecule has 0 amide bonds. The largest absolute Gasteiger partial charge is 0.489 e. The van der Waals surface area contributed by atoms with E-state index < -0.39 is 5.97 Å². The molecule has 1 aromatic heterocycles. The molecular weight excluding hydrogens is 196 g/mol. The molecule has 0 fully saturated rings. The van der Waals surface area contributed by atoms with Crippen LogP contribution in [0.25, 0.3) is 11.0 Å². The summed E-state index contributed by atoms with van der Waals surface area (Å²) in [7, 11) is 0. The predicted octanol–water partition coefficient (Wildman–Crippen LogP) is 2.07. The van der Waals surface area contributed by atoms with Crippen molar-refractivity contribution in [3.63, 3.8) is 0 Å². The van der Waals surface area contributed by atoms with Crippen LogP contribution >= 0.6 is 0 Å². The maximum atomic E-state index is 10.7. The fourth-order valence-electron chi connectivity index (χ4n) is 1.84. The van der Waals surface area contributed by atoms with Crippen LogP contribution in [0.4, 0.5) is 0 Å². The molecule has 1 aliphatic rings. The third-order valence-electron chi connectivity index (χ3n) is 2.55. The summed E-state index contributed by atoms with van der Waals surface area (Å²) in [6.45, 7) is 0.636. The number of fused-ring (bicyclic) bond motifs is 3. The molecule has 0 saturated carbocycles. The first kappa shape index (κ1) is 8.35. The van der Waals surface area contributed by atoms with E-state index in [-0.39, 0.29) is 5.76 Å². The van der Waals surface area contributed by atoms with E-state index in [1.807, 2.05) is 12.1 Å². The van der Waals surface area contributed by atoms with Gasteiger partial charge < -0.3 is 14.3 Å². The van der Waals surface area contributed by atoms with Crippen LogP contribution in [0.2, 0.25) is 0 Å². The Labute approximate surface area is 85.1 Å². The van der Waals surface area contributed by atoms with E-state index in [0.29, 0.717) is 17.9 Å². The fraction of sp³-hybridized carbons (Fsp3) is 0.182. The molecule has 0 radical (unpaired) electrons. The Morgan fingerprint density at radius 1 is 1.40 bits per heavy atom. The van der Waals surface area contributed by atoms with Crippen LogP contribution in [0.15, 0.2) is 22.6 Å². The Bertz CT molecular complexity index is 553. The van der Waals surface area contributed by atoms with E-state index >= 15 is 0 Å². The molecule has 4 heteroatoms. The Kier molecular flexibility index (Phi) is 1.54. The van der Waals surface area contributed by atoms with E-state index in [2.05, 4.69) is 0 Å². The Morgan fingerprint density at radius 3 is 3.07 bits per heavy atom. The molecule has 0 spiro atoms. The van der Waals surface area contributed by atoms with Crippen LogP contribution in [0.3, 0.4) is 0 Å². The molecule has 3 rings (SSSR count). The van der Waals surface area contributed by atoms with Crippen LogP contribution in [-0.4, -0.2) is 17.7 Å². The van der Waals surface area contributed by atoms with E-state index in [0.717, 1.165) is 17.4 Å². The molecule has 0 aliphatic carbocycles. The molecule has 0 atom stereocenters. The van der Waals surface area contributed by atoms with Crippen molar-refractivity contribution in [2.45, 2.75) is 6.42 Å². The van der Waals surface area contributed by atoms with Crippen molar-refractivity contribution in [2.24, 2.45) is 0 Å². The van der Waals surface area contributed by atoms with E-state index in [9.17, 15) is 4.79 Å². The van der Waals surface area contributed by atoms with Gasteiger partial charge in [-0.1, -0.05) is 12.1 Å². The van der Waals surface area contributed by atoms with Crippen molar-refractivity contribution in [1.29, 1.82) is 0 Å². The van der Waals surface area contributed by atoms with Gasteiger partial charge in [0.25, 0.3) is 0 Å². The highest BCUT2D eigenvalue weighted by molar-refractivity contribution is 5.94. The van der Waals surface area contributed by atoms with Crippen molar-refractivity contribution in [3.05, 3.63) is 29.5 Å². The quantitative estimate of drug-likeness (QED) is 0.772. The van der Waals surface area contributed by atoms with Gasteiger partial charge in [-0.05, 0) is 6.07 Å². The number of carbonyl (C=O) groups is 1. The molecule has 15 heavy (non-hydrogen) atoms. The highest BCUT2D eigenvalue weighted by Gasteiger charge is 2.20. The third kappa shape index (κ3) is 1.11. The minimum atomic E-state index is -1.06. The Balaban J connectivity index is 2.31. The summed E-state index contributed by atoms with van der Waals surface area (Å²) in [5.74, 6) is -0.410. The fourth-order valence-corrected chi connectivity index (χ4v) is 1.84. The van der Waals surface area contributed by atoms with Gasteiger partial charge in [-0.25, -0.2) is 4.79 Å². The average molecular weight is 204 g/mol. The highest BCUT2D eigenvalue weighted by atomic mass is 16.5. The summed E-state index contributed by atoms with van der Waals surface area (Å²) in [4.78, 5) is 10.7. The van der Waals surface area contributed by atoms with Crippen molar-refractivity contribution in [3.8, 4) is 5.75 Å². The molecule has 4 nitrogen and oxygen atoms in total. The predicted molar refractivity (Wildman–Crippen MR) is 52.4 cm³/mol. The highest BCUT2D eigenvalue weighted by Crippen LogP contribution is 2.35. The topological polar surface area (TPSA) is 59.7 Å². The standard InChI is InChI=1S/C11H8O4/c12-11(13)8-5-7-2-1-6-3-4-14-9(6)10(7)15-8/h1-2,5H,3-4H2,(H,12,13). The summed E-state index contributed by atoms with van der Waals surface area (Å²) in [6.07, 6.45) is 0.856. The number of furan rings is 1. The summed E-state index contributed by atoms with van der Waals surface area (Å²) in [6, 6.07) is 5.32. The second kappa shape index (κ2) is 2.76. The minimum Gasteiger partial charge on any atom is -0.489 e. The number of hydrogen-bond donors (Lipinski definition) is 1. The van der Waals surface area contributed by atoms with Crippen molar-refractivity contribution < 1.29 is 19.1 Å². The number of carboxylic acids is 1. The summed E-state index contributed by atoms with van der Waals surface area (Å²) in [5.41, 5.74) is 1.62. The van der Waals surface area contributed by atoms with Gasteiger partial charge in [0.2, 0.25) is 5.76 Å². The van der Waals surface area contributed by atoms with Gasteiger partial charge in [-0.3, -0.25) is 0 Å². The first-order valence-corrected chi connectivity index (χ1v) is 4.67. The smallest absolute Gasteiger partial charge is 0.371 e. The van der Waals surface area contributed by atoms with Gasteiger partial charge >= 0.3 is 5.97 Å². The van der Waals surface area contributed by atoms with E-state index in [1.54, 1.807) is 0 Å². The molecule has 2 aromatic rings. The Hall–Kier alpha value is -1.97. The van der Waals surface area contributed by atoms with Gasteiger partial charge in [0, 0.05) is 17.4 Å². The first-order chi connectivity index (χ1) is 7.25. The SMILES string of the molecule is O=C(O)c1cc2ccc3c(c2o1)OCC3. The van der Waals surface area contributed by atoms with Crippen LogP contribution in [0, 0.1) is 0 Å². The van der Waals surface area contributed by atoms with Gasteiger partial charge in [0.05, 0.1) is 6.61 Å². The maximum Gasteiger partial charge on any atom is 0.371 e. The second-order valence-corrected chi connectivity index (χ2v) is 3.49.